The molecule has 1 fully saturated rings. The zero-order chi connectivity index (χ0) is 24.5. The molecule has 1 aliphatic rings. The van der Waals surface area contributed by atoms with Gasteiger partial charge in [-0.05, 0) is 58.0 Å². The number of hydrogen-bond donors (Lipinski definition) is 3. The molecule has 9 nitrogen and oxygen atoms in total. The number of nitriles is 1. The van der Waals surface area contributed by atoms with E-state index >= 15 is 0 Å². The number of benzene rings is 1. The first kappa shape index (κ1) is 25.2. The van der Waals surface area contributed by atoms with Crippen LogP contribution in [-0.2, 0) is 16.1 Å². The van der Waals surface area contributed by atoms with Crippen LogP contribution >= 0.6 is 11.3 Å². The van der Waals surface area contributed by atoms with Crippen molar-refractivity contribution in [1.29, 1.82) is 5.26 Å². The van der Waals surface area contributed by atoms with Crippen LogP contribution in [0.4, 0.5) is 11.4 Å². The summed E-state index contributed by atoms with van der Waals surface area (Å²) < 4.78 is 2.12. The van der Waals surface area contributed by atoms with Gasteiger partial charge >= 0.3 is 0 Å². The van der Waals surface area contributed by atoms with Gasteiger partial charge in [0.05, 0.1) is 0 Å². The van der Waals surface area contributed by atoms with Gasteiger partial charge in [0.1, 0.15) is 15.3 Å². The number of amides is 2. The van der Waals surface area contributed by atoms with Crippen molar-refractivity contribution in [2.24, 2.45) is 0 Å². The van der Waals surface area contributed by atoms with E-state index in [1.54, 1.807) is 26.1 Å². The summed E-state index contributed by atoms with van der Waals surface area (Å²) in [7, 11) is 0. The van der Waals surface area contributed by atoms with E-state index in [2.05, 4.69) is 20.9 Å². The maximum absolute atomic E-state index is 12.8. The standard InChI is InChI=1S/C24H30N6O3S/c1-3-26-22(32)19(15-25)24-30(4-2)23(33)20(34-24)16-27-17-8-7-9-18(14-17)28-21(31)10-13-29-11-5-6-12-29/h7-9,14,16,27H,3-6,10-13H2,1-2H3,(H,26,32)(H,28,31). The van der Waals surface area contributed by atoms with Crippen molar-refractivity contribution in [1.82, 2.24) is 14.8 Å². The van der Waals surface area contributed by atoms with Crippen molar-refractivity contribution < 1.29 is 9.59 Å². The fourth-order valence-electron chi connectivity index (χ4n) is 3.76. The van der Waals surface area contributed by atoms with Crippen LogP contribution in [-0.4, -0.2) is 47.5 Å². The first-order chi connectivity index (χ1) is 16.5. The van der Waals surface area contributed by atoms with E-state index in [0.717, 1.165) is 31.0 Å². The molecule has 0 radical (unpaired) electrons. The number of thiazole rings is 1. The normalized spacial score (nSPS) is 15.0. The third-order valence-corrected chi connectivity index (χ3v) is 6.61. The minimum Gasteiger partial charge on any atom is -0.360 e. The zero-order valence-corrected chi connectivity index (χ0v) is 20.3. The number of likely N-dealkylation sites (tertiary alicyclic amines) is 1. The van der Waals surface area contributed by atoms with E-state index in [4.69, 9.17) is 0 Å². The van der Waals surface area contributed by atoms with E-state index in [0.29, 0.717) is 40.1 Å². The van der Waals surface area contributed by atoms with Crippen LogP contribution in [0.1, 0.15) is 33.1 Å². The second-order valence-corrected chi connectivity index (χ2v) is 8.91. The lowest BCUT2D eigenvalue weighted by Crippen LogP contribution is -2.34. The molecule has 0 aliphatic carbocycles. The average molecular weight is 483 g/mol. The summed E-state index contributed by atoms with van der Waals surface area (Å²) in [5.41, 5.74) is 1.00. The predicted octanol–water partition coefficient (Wildman–Crippen LogP) is 1.01. The van der Waals surface area contributed by atoms with Crippen molar-refractivity contribution in [3.8, 4) is 6.07 Å². The van der Waals surface area contributed by atoms with Gasteiger partial charge in [0.25, 0.3) is 11.5 Å². The summed E-state index contributed by atoms with van der Waals surface area (Å²) in [5, 5.41) is 18.1. The van der Waals surface area contributed by atoms with Crippen LogP contribution in [0.2, 0.25) is 0 Å². The smallest absolute Gasteiger partial charge is 0.270 e. The molecule has 3 rings (SSSR count). The molecule has 0 saturated carbocycles. The molecule has 34 heavy (non-hydrogen) atoms. The maximum Gasteiger partial charge on any atom is 0.270 e. The zero-order valence-electron chi connectivity index (χ0n) is 19.5. The third-order valence-electron chi connectivity index (χ3n) is 5.48. The van der Waals surface area contributed by atoms with Crippen LogP contribution in [0.25, 0.3) is 11.8 Å². The summed E-state index contributed by atoms with van der Waals surface area (Å²) in [4.78, 5) is 39.7. The Morgan fingerprint density at radius 1 is 1.21 bits per heavy atom. The van der Waals surface area contributed by atoms with E-state index in [1.165, 1.54) is 17.4 Å². The van der Waals surface area contributed by atoms with Gasteiger partial charge < -0.3 is 20.9 Å². The SMILES string of the molecule is CCNC(=O)C(C#N)=c1sc(=CNc2cccc(NC(=O)CCN3CCCC3)c2)c(=O)n1CC. The van der Waals surface area contributed by atoms with Gasteiger partial charge in [-0.2, -0.15) is 5.26 Å². The van der Waals surface area contributed by atoms with Crippen molar-refractivity contribution >= 4 is 46.3 Å². The topological polar surface area (TPSA) is 119 Å². The molecule has 2 heterocycles. The molecular formula is C24H30N6O3S. The first-order valence-electron chi connectivity index (χ1n) is 11.5. The summed E-state index contributed by atoms with van der Waals surface area (Å²) in [5.74, 6) is -0.534. The van der Waals surface area contributed by atoms with Crippen molar-refractivity contribution in [2.45, 2.75) is 39.7 Å². The Balaban J connectivity index is 1.77. The largest absolute Gasteiger partial charge is 0.360 e. The number of nitrogens with zero attached hydrogens (tertiary/aromatic N) is 3. The number of hydrogen-bond acceptors (Lipinski definition) is 7. The lowest BCUT2D eigenvalue weighted by atomic mass is 10.2. The monoisotopic (exact) mass is 482 g/mol. The molecular weight excluding hydrogens is 452 g/mol. The lowest BCUT2D eigenvalue weighted by Gasteiger charge is -2.14. The third kappa shape index (κ3) is 6.34. The molecule has 0 unspecified atom stereocenters. The average Bonchev–Trinajstić information content (AvgIpc) is 3.45. The second kappa shape index (κ2) is 12.2. The number of nitrogens with one attached hydrogen (secondary N) is 3. The fourth-order valence-corrected chi connectivity index (χ4v) is 4.85. The summed E-state index contributed by atoms with van der Waals surface area (Å²) in [6.45, 7) is 7.16. The second-order valence-electron chi connectivity index (χ2n) is 7.88. The van der Waals surface area contributed by atoms with Crippen molar-refractivity contribution in [3.05, 3.63) is 43.8 Å². The highest BCUT2D eigenvalue weighted by atomic mass is 32.1. The van der Waals surface area contributed by atoms with Crippen molar-refractivity contribution in [3.63, 3.8) is 0 Å². The van der Waals surface area contributed by atoms with Crippen LogP contribution in [0.3, 0.4) is 0 Å². The number of rotatable bonds is 9. The van der Waals surface area contributed by atoms with E-state index < -0.39 is 5.91 Å². The Labute approximate surface area is 202 Å². The highest BCUT2D eigenvalue weighted by molar-refractivity contribution is 7.07. The van der Waals surface area contributed by atoms with Crippen molar-refractivity contribution in [2.75, 3.05) is 36.8 Å². The highest BCUT2D eigenvalue weighted by Gasteiger charge is 2.15. The molecule has 0 spiro atoms. The molecule has 0 atom stereocenters. The van der Waals surface area contributed by atoms with Gasteiger partial charge in [0.15, 0.2) is 5.57 Å². The number of anilines is 2. The Morgan fingerprint density at radius 2 is 1.94 bits per heavy atom. The fraction of sp³-hybridized carbons (Fsp3) is 0.417. The number of carbonyl (C=O) groups excluding carboxylic acids is 2. The Morgan fingerprint density at radius 3 is 2.62 bits per heavy atom. The van der Waals surface area contributed by atoms with E-state index in [-0.39, 0.29) is 17.0 Å². The minimum absolute atomic E-state index is 0.0355. The Kier molecular flexibility index (Phi) is 9.01. The van der Waals surface area contributed by atoms with Crippen LogP contribution in [0, 0.1) is 11.3 Å². The Hall–Kier alpha value is -3.42. The summed E-state index contributed by atoms with van der Waals surface area (Å²) in [6.07, 6.45) is 4.40. The molecule has 1 aromatic carbocycles. The molecule has 1 aliphatic heterocycles. The van der Waals surface area contributed by atoms with E-state index in [1.807, 2.05) is 24.3 Å². The number of carbonyl (C=O) groups is 2. The maximum atomic E-state index is 12.8. The molecule has 0 bridgehead atoms. The molecule has 180 valence electrons. The highest BCUT2D eigenvalue weighted by Crippen LogP contribution is 2.15. The van der Waals surface area contributed by atoms with Crippen LogP contribution in [0.15, 0.2) is 29.1 Å². The molecule has 2 amide bonds. The Bertz CT molecular complexity index is 1250. The minimum atomic E-state index is -0.499. The van der Waals surface area contributed by atoms with Gasteiger partial charge in [0.2, 0.25) is 5.91 Å². The van der Waals surface area contributed by atoms with Gasteiger partial charge in [-0.1, -0.05) is 6.07 Å². The molecule has 3 N–H and O–H groups in total. The van der Waals surface area contributed by atoms with Crippen LogP contribution in [0.5, 0.6) is 0 Å². The van der Waals surface area contributed by atoms with Gasteiger partial charge in [-0.3, -0.25) is 19.0 Å². The molecule has 1 aromatic heterocycles. The van der Waals surface area contributed by atoms with Gasteiger partial charge in [-0.25, -0.2) is 0 Å². The van der Waals surface area contributed by atoms with E-state index in [9.17, 15) is 19.6 Å². The quantitative estimate of drug-likeness (QED) is 0.491. The molecule has 1 saturated heterocycles. The summed E-state index contributed by atoms with van der Waals surface area (Å²) >= 11 is 1.09. The molecule has 2 aromatic rings. The van der Waals surface area contributed by atoms with Gasteiger partial charge in [-0.15, -0.1) is 11.3 Å². The lowest BCUT2D eigenvalue weighted by molar-refractivity contribution is -0.116. The predicted molar refractivity (Wildman–Crippen MR) is 135 cm³/mol. The number of aromatic nitrogens is 1. The van der Waals surface area contributed by atoms with Gasteiger partial charge in [0, 0.05) is 43.6 Å². The summed E-state index contributed by atoms with van der Waals surface area (Å²) in [6, 6.07) is 9.16. The molecule has 10 heteroatoms. The van der Waals surface area contributed by atoms with Crippen LogP contribution < -0.4 is 30.7 Å². The first-order valence-corrected chi connectivity index (χ1v) is 12.3.